The molecule has 1 aromatic heterocycles. The number of amides is 1. The molecule has 0 fully saturated rings. The van der Waals surface area contributed by atoms with Gasteiger partial charge >= 0.3 is 0 Å². The first-order valence-electron chi connectivity index (χ1n) is 3.16. The van der Waals surface area contributed by atoms with E-state index in [-0.39, 0.29) is 12.5 Å². The summed E-state index contributed by atoms with van der Waals surface area (Å²) in [5.74, 6) is -0.240. The average molecular weight is 225 g/mol. The molecule has 1 rings (SSSR count). The molecule has 0 radical (unpaired) electrons. The van der Waals surface area contributed by atoms with Crippen LogP contribution in [-0.2, 0) is 0 Å². The van der Waals surface area contributed by atoms with E-state index in [4.69, 9.17) is 23.2 Å². The Bertz CT molecular complexity index is 250. The monoisotopic (exact) mass is 224 g/mol. The van der Waals surface area contributed by atoms with Crippen molar-refractivity contribution in [3.63, 3.8) is 0 Å². The van der Waals surface area contributed by atoms with Gasteiger partial charge in [-0.3, -0.25) is 4.79 Å². The summed E-state index contributed by atoms with van der Waals surface area (Å²) in [7, 11) is 0. The molecular formula is C6H6Cl2N2OS. The minimum absolute atomic E-state index is 0.238. The largest absolute Gasteiger partial charge is 0.347 e. The van der Waals surface area contributed by atoms with Gasteiger partial charge in [0.25, 0.3) is 5.91 Å². The van der Waals surface area contributed by atoms with Crippen LogP contribution in [0.5, 0.6) is 0 Å². The van der Waals surface area contributed by atoms with Crippen molar-refractivity contribution in [1.29, 1.82) is 0 Å². The van der Waals surface area contributed by atoms with Crippen molar-refractivity contribution in [2.24, 2.45) is 0 Å². The lowest BCUT2D eigenvalue weighted by Crippen LogP contribution is -2.27. The topological polar surface area (TPSA) is 42.0 Å². The zero-order chi connectivity index (χ0) is 8.97. The number of aromatic nitrogens is 1. The van der Waals surface area contributed by atoms with Gasteiger partial charge in [0, 0.05) is 18.1 Å². The van der Waals surface area contributed by atoms with E-state index in [2.05, 4.69) is 10.3 Å². The third-order valence-corrected chi connectivity index (χ3v) is 2.12. The molecule has 3 nitrogen and oxygen atoms in total. The summed E-state index contributed by atoms with van der Waals surface area (Å²) >= 11 is 12.1. The van der Waals surface area contributed by atoms with Crippen molar-refractivity contribution in [2.45, 2.75) is 4.84 Å². The first kappa shape index (κ1) is 9.77. The second-order valence-corrected chi connectivity index (χ2v) is 4.11. The third-order valence-electron chi connectivity index (χ3n) is 1.04. The number of hydrogen-bond donors (Lipinski definition) is 1. The van der Waals surface area contributed by atoms with Gasteiger partial charge in [-0.05, 0) is 0 Å². The van der Waals surface area contributed by atoms with Crippen molar-refractivity contribution in [3.8, 4) is 0 Å². The molecule has 0 unspecified atom stereocenters. The van der Waals surface area contributed by atoms with E-state index >= 15 is 0 Å². The Morgan fingerprint density at radius 2 is 2.50 bits per heavy atom. The van der Waals surface area contributed by atoms with Crippen LogP contribution in [0.4, 0.5) is 0 Å². The van der Waals surface area contributed by atoms with Crippen LogP contribution in [0.1, 0.15) is 9.80 Å². The summed E-state index contributed by atoms with van der Waals surface area (Å²) in [6.07, 6.45) is 1.57. The van der Waals surface area contributed by atoms with E-state index in [0.717, 1.165) is 0 Å². The fourth-order valence-electron chi connectivity index (χ4n) is 0.581. The summed E-state index contributed by atoms with van der Waals surface area (Å²) in [4.78, 5) is 14.4. The molecule has 0 aromatic carbocycles. The average Bonchev–Trinajstić information content (AvgIpc) is 2.51. The van der Waals surface area contributed by atoms with Crippen LogP contribution in [0.2, 0.25) is 0 Å². The minimum Gasteiger partial charge on any atom is -0.347 e. The first-order chi connectivity index (χ1) is 5.70. The van der Waals surface area contributed by atoms with Crippen LogP contribution in [0.15, 0.2) is 11.6 Å². The van der Waals surface area contributed by atoms with Gasteiger partial charge in [-0.15, -0.1) is 34.5 Å². The number of thiazole rings is 1. The molecule has 6 heteroatoms. The van der Waals surface area contributed by atoms with Crippen molar-refractivity contribution in [1.82, 2.24) is 10.3 Å². The van der Waals surface area contributed by atoms with Gasteiger partial charge in [-0.25, -0.2) is 4.98 Å². The molecule has 0 bridgehead atoms. The normalized spacial score (nSPS) is 10.2. The lowest BCUT2D eigenvalue weighted by molar-refractivity contribution is 0.0955. The van der Waals surface area contributed by atoms with Crippen molar-refractivity contribution >= 4 is 40.4 Å². The van der Waals surface area contributed by atoms with E-state index in [1.165, 1.54) is 11.3 Å². The predicted molar refractivity (Wildman–Crippen MR) is 49.9 cm³/mol. The molecule has 0 saturated carbocycles. The molecule has 0 aliphatic heterocycles. The molecule has 0 aliphatic carbocycles. The molecule has 0 saturated heterocycles. The van der Waals surface area contributed by atoms with Gasteiger partial charge in [0.15, 0.2) is 5.01 Å². The summed E-state index contributed by atoms with van der Waals surface area (Å²) in [5.41, 5.74) is 0. The summed E-state index contributed by atoms with van der Waals surface area (Å²) in [5, 5.41) is 4.68. The maximum absolute atomic E-state index is 11.1. The van der Waals surface area contributed by atoms with Crippen LogP contribution < -0.4 is 5.32 Å². The highest BCUT2D eigenvalue weighted by Gasteiger charge is 2.08. The van der Waals surface area contributed by atoms with Gasteiger partial charge in [0.2, 0.25) is 0 Å². The summed E-state index contributed by atoms with van der Waals surface area (Å²) < 4.78 is 0. The summed E-state index contributed by atoms with van der Waals surface area (Å²) in [6, 6.07) is 0. The molecule has 1 heterocycles. The lowest BCUT2D eigenvalue weighted by atomic mass is 10.6. The standard InChI is InChI=1S/C6H6Cl2N2OS/c7-4(8)3-10-5(11)6-9-1-2-12-6/h1-2,4H,3H2,(H,10,11). The zero-order valence-corrected chi connectivity index (χ0v) is 8.29. The Kier molecular flexibility index (Phi) is 3.78. The Hall–Kier alpha value is -0.320. The Labute approximate surface area is 83.7 Å². The highest BCUT2D eigenvalue weighted by Crippen LogP contribution is 2.04. The number of carbonyl (C=O) groups is 1. The number of hydrogen-bond acceptors (Lipinski definition) is 3. The number of nitrogens with one attached hydrogen (secondary N) is 1. The highest BCUT2D eigenvalue weighted by atomic mass is 35.5. The number of rotatable bonds is 3. The highest BCUT2D eigenvalue weighted by molar-refractivity contribution is 7.11. The summed E-state index contributed by atoms with van der Waals surface area (Å²) in [6.45, 7) is 0.238. The third kappa shape index (κ3) is 2.97. The number of halogens is 2. The molecule has 1 aromatic rings. The molecule has 12 heavy (non-hydrogen) atoms. The second-order valence-electron chi connectivity index (χ2n) is 1.94. The van der Waals surface area contributed by atoms with Gasteiger partial charge in [-0.2, -0.15) is 0 Å². The Balaban J connectivity index is 2.40. The maximum atomic E-state index is 11.1. The molecular weight excluding hydrogens is 219 g/mol. The van der Waals surface area contributed by atoms with Crippen LogP contribution in [0.25, 0.3) is 0 Å². The Morgan fingerprint density at radius 1 is 1.75 bits per heavy atom. The fourth-order valence-corrected chi connectivity index (χ4v) is 1.29. The van der Waals surface area contributed by atoms with Crippen LogP contribution in [0, 0.1) is 0 Å². The second kappa shape index (κ2) is 4.64. The van der Waals surface area contributed by atoms with Crippen molar-refractivity contribution in [2.75, 3.05) is 6.54 Å². The number of carbonyl (C=O) groups excluding carboxylic acids is 1. The fraction of sp³-hybridized carbons (Fsp3) is 0.333. The molecule has 0 aliphatic rings. The number of nitrogens with zero attached hydrogens (tertiary/aromatic N) is 1. The number of alkyl halides is 2. The van der Waals surface area contributed by atoms with Gasteiger partial charge < -0.3 is 5.32 Å². The zero-order valence-electron chi connectivity index (χ0n) is 5.96. The van der Waals surface area contributed by atoms with Gasteiger partial charge in [0.05, 0.1) is 0 Å². The van der Waals surface area contributed by atoms with E-state index in [1.54, 1.807) is 11.6 Å². The smallest absolute Gasteiger partial charge is 0.280 e. The minimum atomic E-state index is -0.575. The van der Waals surface area contributed by atoms with Gasteiger partial charge in [0.1, 0.15) is 4.84 Å². The quantitative estimate of drug-likeness (QED) is 0.795. The predicted octanol–water partition coefficient (Wildman–Crippen LogP) is 1.68. The molecule has 0 spiro atoms. The van der Waals surface area contributed by atoms with Crippen molar-refractivity contribution < 1.29 is 4.79 Å². The van der Waals surface area contributed by atoms with E-state index in [0.29, 0.717) is 5.01 Å². The maximum Gasteiger partial charge on any atom is 0.280 e. The van der Waals surface area contributed by atoms with Crippen LogP contribution in [0.3, 0.4) is 0 Å². The lowest BCUT2D eigenvalue weighted by Gasteiger charge is -2.01. The van der Waals surface area contributed by atoms with E-state index < -0.39 is 4.84 Å². The molecule has 66 valence electrons. The molecule has 0 atom stereocenters. The van der Waals surface area contributed by atoms with E-state index in [9.17, 15) is 4.79 Å². The van der Waals surface area contributed by atoms with E-state index in [1.807, 2.05) is 0 Å². The van der Waals surface area contributed by atoms with Gasteiger partial charge in [-0.1, -0.05) is 0 Å². The van der Waals surface area contributed by atoms with Crippen LogP contribution in [-0.4, -0.2) is 22.3 Å². The Morgan fingerprint density at radius 3 is 3.00 bits per heavy atom. The molecule has 1 N–H and O–H groups in total. The first-order valence-corrected chi connectivity index (χ1v) is 4.91. The van der Waals surface area contributed by atoms with Crippen molar-refractivity contribution in [3.05, 3.63) is 16.6 Å². The van der Waals surface area contributed by atoms with Crippen LogP contribution >= 0.6 is 34.5 Å². The SMILES string of the molecule is O=C(NCC(Cl)Cl)c1nccs1. The molecule has 1 amide bonds.